The Morgan fingerprint density at radius 1 is 1.03 bits per heavy atom. The smallest absolute Gasteiger partial charge is 0.416 e. The molecule has 0 spiro atoms. The topological polar surface area (TPSA) is 69.7 Å². The average Bonchev–Trinajstić information content (AvgIpc) is 2.82. The predicted octanol–water partition coefficient (Wildman–Crippen LogP) is 6.63. The maximum atomic E-state index is 13.2. The van der Waals surface area contributed by atoms with Crippen molar-refractivity contribution in [2.24, 2.45) is 0 Å². The summed E-state index contributed by atoms with van der Waals surface area (Å²) in [7, 11) is 2.70. The third kappa shape index (κ3) is 5.67. The van der Waals surface area contributed by atoms with Crippen LogP contribution in [0.2, 0.25) is 0 Å². The van der Waals surface area contributed by atoms with Gasteiger partial charge < -0.3 is 9.47 Å². The summed E-state index contributed by atoms with van der Waals surface area (Å²) in [5.74, 6) is -0.602. The van der Waals surface area contributed by atoms with Crippen molar-refractivity contribution in [1.82, 2.24) is 0 Å². The molecule has 0 fully saturated rings. The van der Waals surface area contributed by atoms with Crippen LogP contribution in [0.5, 0.6) is 11.5 Å². The Hall–Kier alpha value is -3.33. The lowest BCUT2D eigenvalue weighted by Crippen LogP contribution is -2.17. The molecule has 184 valence electrons. The number of alkyl halides is 3. The van der Waals surface area contributed by atoms with Crippen LogP contribution in [0.15, 0.2) is 54.1 Å². The lowest BCUT2D eigenvalue weighted by molar-refractivity contribution is -0.137. The fourth-order valence-electron chi connectivity index (χ4n) is 3.68. The van der Waals surface area contributed by atoms with Crippen molar-refractivity contribution in [2.75, 3.05) is 14.2 Å². The maximum Gasteiger partial charge on any atom is 0.416 e. The van der Waals surface area contributed by atoms with E-state index in [1.807, 2.05) is 19.9 Å². The molecule has 2 aromatic rings. The molecule has 0 saturated carbocycles. The molecule has 0 bridgehead atoms. The van der Waals surface area contributed by atoms with Crippen LogP contribution in [0.25, 0.3) is 0 Å². The zero-order chi connectivity index (χ0) is 25.9. The van der Waals surface area contributed by atoms with Crippen molar-refractivity contribution in [3.8, 4) is 11.5 Å². The standard InChI is InChI=1S/C26H23F3O5S/c1-14(2)8-11-21(35-25(32)15-6-5-7-16(12-15)26(27,28)29)17-13-20(33-3)22-18(30)9-10-19(31)23(22)24(17)34-4/h5-10,12-13,21H,11H2,1-4H3. The molecule has 9 heteroatoms. The minimum absolute atomic E-state index is 0.0312. The first-order valence-corrected chi connectivity index (χ1v) is 11.4. The molecule has 0 amide bonds. The molecule has 0 aliphatic heterocycles. The Morgan fingerprint density at radius 2 is 1.69 bits per heavy atom. The summed E-state index contributed by atoms with van der Waals surface area (Å²) in [6.45, 7) is 3.74. The van der Waals surface area contributed by atoms with E-state index in [2.05, 4.69) is 0 Å². The maximum absolute atomic E-state index is 13.2. The Kier molecular flexibility index (Phi) is 7.90. The summed E-state index contributed by atoms with van der Waals surface area (Å²) in [6, 6.07) is 5.75. The van der Waals surface area contributed by atoms with E-state index in [0.717, 1.165) is 41.6 Å². The second-order valence-electron chi connectivity index (χ2n) is 8.00. The molecule has 1 unspecified atom stereocenters. The van der Waals surface area contributed by atoms with E-state index in [1.165, 1.54) is 32.4 Å². The molecule has 1 aliphatic carbocycles. The van der Waals surface area contributed by atoms with Gasteiger partial charge in [-0.2, -0.15) is 13.2 Å². The van der Waals surface area contributed by atoms with E-state index in [-0.39, 0.29) is 28.2 Å². The normalized spacial score (nSPS) is 13.8. The highest BCUT2D eigenvalue weighted by Crippen LogP contribution is 2.46. The molecule has 2 aromatic carbocycles. The number of hydrogen-bond acceptors (Lipinski definition) is 6. The van der Waals surface area contributed by atoms with Crippen LogP contribution in [0.3, 0.4) is 0 Å². The van der Waals surface area contributed by atoms with Gasteiger partial charge >= 0.3 is 6.18 Å². The monoisotopic (exact) mass is 504 g/mol. The zero-order valence-electron chi connectivity index (χ0n) is 19.5. The highest BCUT2D eigenvalue weighted by Gasteiger charge is 2.34. The summed E-state index contributed by atoms with van der Waals surface area (Å²) in [5, 5.41) is -1.22. The van der Waals surface area contributed by atoms with Gasteiger partial charge in [-0.25, -0.2) is 0 Å². The van der Waals surface area contributed by atoms with Gasteiger partial charge in [-0.05, 0) is 50.6 Å². The van der Waals surface area contributed by atoms with E-state index in [0.29, 0.717) is 12.0 Å². The van der Waals surface area contributed by atoms with Gasteiger partial charge in [-0.3, -0.25) is 14.4 Å². The van der Waals surface area contributed by atoms with Crippen molar-refractivity contribution in [3.05, 3.63) is 82.0 Å². The quantitative estimate of drug-likeness (QED) is 0.394. The van der Waals surface area contributed by atoms with Crippen molar-refractivity contribution < 1.29 is 37.0 Å². The molecule has 35 heavy (non-hydrogen) atoms. The number of rotatable bonds is 7. The number of ketones is 2. The van der Waals surface area contributed by atoms with Crippen molar-refractivity contribution in [1.29, 1.82) is 0 Å². The highest BCUT2D eigenvalue weighted by atomic mass is 32.2. The zero-order valence-corrected chi connectivity index (χ0v) is 20.3. The first kappa shape index (κ1) is 26.3. The van der Waals surface area contributed by atoms with Crippen molar-refractivity contribution in [2.45, 2.75) is 31.7 Å². The molecule has 5 nitrogen and oxygen atoms in total. The van der Waals surface area contributed by atoms with Gasteiger partial charge in [-0.15, -0.1) is 0 Å². The van der Waals surface area contributed by atoms with Crippen LogP contribution in [-0.4, -0.2) is 30.9 Å². The summed E-state index contributed by atoms with van der Waals surface area (Å²) in [5.41, 5.74) is 0.445. The number of carbonyl (C=O) groups excluding carboxylic acids is 3. The van der Waals surface area contributed by atoms with Crippen molar-refractivity contribution >= 4 is 28.4 Å². The molecule has 0 aromatic heterocycles. The van der Waals surface area contributed by atoms with Crippen molar-refractivity contribution in [3.63, 3.8) is 0 Å². The Bertz CT molecular complexity index is 1240. The summed E-state index contributed by atoms with van der Waals surface area (Å²) >= 11 is 0.813. The van der Waals surface area contributed by atoms with Crippen LogP contribution in [-0.2, 0) is 6.18 Å². The average molecular weight is 505 g/mol. The van der Waals surface area contributed by atoms with Gasteiger partial charge in [0.1, 0.15) is 11.5 Å². The molecule has 1 atom stereocenters. The number of ether oxygens (including phenoxy) is 2. The van der Waals surface area contributed by atoms with Crippen LogP contribution >= 0.6 is 11.8 Å². The number of halogens is 3. The number of methoxy groups -OCH3 is 2. The van der Waals surface area contributed by atoms with Crippen LogP contribution in [0, 0.1) is 0 Å². The van der Waals surface area contributed by atoms with E-state index in [9.17, 15) is 27.6 Å². The molecule has 0 saturated heterocycles. The molecule has 1 aliphatic rings. The van der Waals surface area contributed by atoms with Crippen LogP contribution in [0.4, 0.5) is 13.2 Å². The minimum atomic E-state index is -4.59. The number of thioether (sulfide) groups is 1. The summed E-state index contributed by atoms with van der Waals surface area (Å²) < 4.78 is 50.4. The second kappa shape index (κ2) is 10.5. The molecule has 0 N–H and O–H groups in total. The van der Waals surface area contributed by atoms with Gasteiger partial charge in [0.2, 0.25) is 5.12 Å². The van der Waals surface area contributed by atoms with E-state index < -0.39 is 33.7 Å². The minimum Gasteiger partial charge on any atom is -0.496 e. The first-order valence-electron chi connectivity index (χ1n) is 10.5. The van der Waals surface area contributed by atoms with Gasteiger partial charge in [0, 0.05) is 16.4 Å². The van der Waals surface area contributed by atoms with E-state index in [4.69, 9.17) is 9.47 Å². The fourth-order valence-corrected chi connectivity index (χ4v) is 4.69. The van der Waals surface area contributed by atoms with E-state index >= 15 is 0 Å². The van der Waals surface area contributed by atoms with Gasteiger partial charge in [0.15, 0.2) is 11.6 Å². The Balaban J connectivity index is 2.13. The fraction of sp³-hybridized carbons (Fsp3) is 0.269. The van der Waals surface area contributed by atoms with E-state index in [1.54, 1.807) is 0 Å². The number of carbonyl (C=O) groups is 3. The number of allylic oxidation sites excluding steroid dienone is 4. The molecule has 3 rings (SSSR count). The molecule has 0 radical (unpaired) electrons. The number of fused-ring (bicyclic) bond motifs is 1. The highest BCUT2D eigenvalue weighted by molar-refractivity contribution is 8.14. The summed E-state index contributed by atoms with van der Waals surface area (Å²) in [6.07, 6.45) is -0.109. The van der Waals surface area contributed by atoms with Gasteiger partial charge in [-0.1, -0.05) is 35.5 Å². The Morgan fingerprint density at radius 3 is 2.26 bits per heavy atom. The summed E-state index contributed by atoms with van der Waals surface area (Å²) in [4.78, 5) is 38.3. The first-order chi connectivity index (χ1) is 16.5. The molecule has 0 heterocycles. The van der Waals surface area contributed by atoms with Crippen LogP contribution in [0.1, 0.15) is 67.7 Å². The lowest BCUT2D eigenvalue weighted by atomic mass is 9.89. The van der Waals surface area contributed by atoms with Gasteiger partial charge in [0.05, 0.1) is 30.9 Å². The van der Waals surface area contributed by atoms with Gasteiger partial charge in [0.25, 0.3) is 0 Å². The second-order valence-corrected chi connectivity index (χ2v) is 9.18. The third-order valence-corrected chi connectivity index (χ3v) is 6.52. The predicted molar refractivity (Wildman–Crippen MR) is 128 cm³/mol. The molecular weight excluding hydrogens is 481 g/mol. The SMILES string of the molecule is COc1cc(C(CC=C(C)C)SC(=O)c2cccc(C(F)(F)F)c2)c(OC)c2c1C(=O)C=CC2=O. The Labute approximate surface area is 205 Å². The third-order valence-electron chi connectivity index (χ3n) is 5.34. The number of hydrogen-bond donors (Lipinski definition) is 0. The lowest BCUT2D eigenvalue weighted by Gasteiger charge is -2.24. The molecular formula is C26H23F3O5S. The number of benzene rings is 2. The largest absolute Gasteiger partial charge is 0.496 e. The van der Waals surface area contributed by atoms with Crippen LogP contribution < -0.4 is 9.47 Å².